The van der Waals surface area contributed by atoms with E-state index in [0.717, 1.165) is 0 Å². The Bertz CT molecular complexity index is 414. The molecule has 0 aliphatic carbocycles. The first-order valence-corrected chi connectivity index (χ1v) is 5.03. The summed E-state index contributed by atoms with van der Waals surface area (Å²) in [6.07, 6.45) is 1.51. The topological polar surface area (TPSA) is 46.5 Å². The van der Waals surface area contributed by atoms with Gasteiger partial charge in [-0.25, -0.2) is 4.79 Å². The van der Waals surface area contributed by atoms with Gasteiger partial charge in [-0.15, -0.1) is 0 Å². The van der Waals surface area contributed by atoms with Gasteiger partial charge < -0.3 is 9.84 Å². The van der Waals surface area contributed by atoms with Gasteiger partial charge in [0.15, 0.2) is 0 Å². The van der Waals surface area contributed by atoms with Crippen LogP contribution in [-0.2, 0) is 4.74 Å². The molecule has 3 heteroatoms. The fourth-order valence-electron chi connectivity index (χ4n) is 1.28. The van der Waals surface area contributed by atoms with Gasteiger partial charge in [-0.05, 0) is 32.4 Å². The van der Waals surface area contributed by atoms with Gasteiger partial charge >= 0.3 is 5.97 Å². The molecule has 86 valence electrons. The molecular formula is C13H16O3. The Hall–Kier alpha value is -1.77. The average Bonchev–Trinajstić information content (AvgIpc) is 2.14. The van der Waals surface area contributed by atoms with E-state index in [-0.39, 0.29) is 11.3 Å². The summed E-state index contributed by atoms with van der Waals surface area (Å²) in [4.78, 5) is 11.8. The zero-order chi connectivity index (χ0) is 12.3. The maximum Gasteiger partial charge on any atom is 0.343 e. The van der Waals surface area contributed by atoms with Crippen LogP contribution in [0.2, 0.25) is 0 Å². The van der Waals surface area contributed by atoms with Crippen molar-refractivity contribution in [3.8, 4) is 5.75 Å². The van der Waals surface area contributed by atoms with E-state index < -0.39 is 11.6 Å². The highest BCUT2D eigenvalue weighted by atomic mass is 16.6. The van der Waals surface area contributed by atoms with Gasteiger partial charge in [-0.1, -0.05) is 24.8 Å². The summed E-state index contributed by atoms with van der Waals surface area (Å²) in [5, 5.41) is 9.64. The van der Waals surface area contributed by atoms with Crippen molar-refractivity contribution >= 4 is 12.0 Å². The van der Waals surface area contributed by atoms with Gasteiger partial charge in [0.05, 0.1) is 0 Å². The van der Waals surface area contributed by atoms with Crippen molar-refractivity contribution in [1.29, 1.82) is 0 Å². The highest BCUT2D eigenvalue weighted by molar-refractivity contribution is 5.96. The minimum atomic E-state index is -0.586. The lowest BCUT2D eigenvalue weighted by Gasteiger charge is -2.20. The van der Waals surface area contributed by atoms with E-state index in [0.29, 0.717) is 5.56 Å². The summed E-state index contributed by atoms with van der Waals surface area (Å²) in [7, 11) is 0. The third-order valence-electron chi connectivity index (χ3n) is 1.90. The van der Waals surface area contributed by atoms with Gasteiger partial charge in [0.25, 0.3) is 0 Å². The zero-order valence-corrected chi connectivity index (χ0v) is 9.78. The molecule has 0 heterocycles. The van der Waals surface area contributed by atoms with Crippen molar-refractivity contribution < 1.29 is 14.6 Å². The predicted octanol–water partition coefficient (Wildman–Crippen LogP) is 2.99. The zero-order valence-electron chi connectivity index (χ0n) is 9.78. The van der Waals surface area contributed by atoms with Crippen LogP contribution >= 0.6 is 0 Å². The molecule has 0 spiro atoms. The summed E-state index contributed by atoms with van der Waals surface area (Å²) < 4.78 is 5.20. The van der Waals surface area contributed by atoms with Crippen LogP contribution in [0.15, 0.2) is 24.8 Å². The Morgan fingerprint density at radius 3 is 2.56 bits per heavy atom. The quantitative estimate of drug-likeness (QED) is 0.779. The van der Waals surface area contributed by atoms with E-state index in [2.05, 4.69) is 6.58 Å². The third kappa shape index (κ3) is 2.86. The molecule has 1 N–H and O–H groups in total. The molecule has 0 bridgehead atoms. The van der Waals surface area contributed by atoms with Crippen LogP contribution in [0, 0.1) is 0 Å². The molecule has 0 amide bonds. The average molecular weight is 220 g/mol. The molecule has 1 aromatic rings. The smallest absolute Gasteiger partial charge is 0.343 e. The maximum atomic E-state index is 11.8. The molecule has 0 aliphatic rings. The summed E-state index contributed by atoms with van der Waals surface area (Å²) in [6, 6.07) is 4.80. The van der Waals surface area contributed by atoms with E-state index in [4.69, 9.17) is 4.74 Å². The van der Waals surface area contributed by atoms with Crippen LogP contribution in [-0.4, -0.2) is 16.7 Å². The highest BCUT2D eigenvalue weighted by Gasteiger charge is 2.22. The molecular weight excluding hydrogens is 204 g/mol. The minimum absolute atomic E-state index is 0.0911. The lowest BCUT2D eigenvalue weighted by molar-refractivity contribution is 0.00666. The molecule has 1 rings (SSSR count). The SMILES string of the molecule is C=Cc1cccc(O)c1C(=O)OC(C)(C)C. The number of phenols is 1. The summed E-state index contributed by atoms with van der Waals surface area (Å²) >= 11 is 0. The van der Waals surface area contributed by atoms with Gasteiger partial charge in [0.2, 0.25) is 0 Å². The molecule has 0 radical (unpaired) electrons. The lowest BCUT2D eigenvalue weighted by Crippen LogP contribution is -2.24. The number of benzene rings is 1. The molecule has 0 saturated carbocycles. The number of hydrogen-bond donors (Lipinski definition) is 1. The summed E-state index contributed by atoms with van der Waals surface area (Å²) in [5.74, 6) is -0.632. The molecule has 0 atom stereocenters. The number of carbonyl (C=O) groups excluding carboxylic acids is 1. The van der Waals surface area contributed by atoms with E-state index >= 15 is 0 Å². The van der Waals surface area contributed by atoms with Crippen molar-refractivity contribution in [1.82, 2.24) is 0 Å². The first-order valence-electron chi connectivity index (χ1n) is 5.03. The van der Waals surface area contributed by atoms with Crippen LogP contribution in [0.1, 0.15) is 36.7 Å². The number of esters is 1. The molecule has 0 unspecified atom stereocenters. The number of phenolic OH excluding ortho intramolecular Hbond substituents is 1. The van der Waals surface area contributed by atoms with Crippen molar-refractivity contribution in [3.63, 3.8) is 0 Å². The fourth-order valence-corrected chi connectivity index (χ4v) is 1.28. The Morgan fingerprint density at radius 1 is 1.44 bits per heavy atom. The number of rotatable bonds is 2. The van der Waals surface area contributed by atoms with Crippen LogP contribution < -0.4 is 0 Å². The third-order valence-corrected chi connectivity index (χ3v) is 1.90. The first kappa shape index (κ1) is 12.3. The van der Waals surface area contributed by atoms with E-state index in [1.54, 1.807) is 32.9 Å². The second kappa shape index (κ2) is 4.39. The molecule has 0 aliphatic heterocycles. The van der Waals surface area contributed by atoms with Crippen LogP contribution in [0.25, 0.3) is 6.08 Å². The van der Waals surface area contributed by atoms with Gasteiger partial charge in [-0.2, -0.15) is 0 Å². The van der Waals surface area contributed by atoms with Crippen molar-refractivity contribution in [2.24, 2.45) is 0 Å². The van der Waals surface area contributed by atoms with Crippen LogP contribution in [0.3, 0.4) is 0 Å². The van der Waals surface area contributed by atoms with Gasteiger partial charge in [0, 0.05) is 0 Å². The standard InChI is InChI=1S/C13H16O3/c1-5-9-7-6-8-10(14)11(9)12(15)16-13(2,3)4/h5-8,14H,1H2,2-4H3. The first-order chi connectivity index (χ1) is 7.35. The largest absolute Gasteiger partial charge is 0.507 e. The second-order valence-electron chi connectivity index (χ2n) is 4.45. The Morgan fingerprint density at radius 2 is 2.06 bits per heavy atom. The van der Waals surface area contributed by atoms with Crippen molar-refractivity contribution in [3.05, 3.63) is 35.9 Å². The number of hydrogen-bond acceptors (Lipinski definition) is 3. The van der Waals surface area contributed by atoms with Crippen LogP contribution in [0.5, 0.6) is 5.75 Å². The molecule has 3 nitrogen and oxygen atoms in total. The normalized spacial score (nSPS) is 10.9. The summed E-state index contributed by atoms with van der Waals surface area (Å²) in [5.41, 5.74) is 0.138. The number of ether oxygens (including phenoxy) is 1. The Kier molecular flexibility index (Phi) is 3.38. The minimum Gasteiger partial charge on any atom is -0.507 e. The predicted molar refractivity (Wildman–Crippen MR) is 63.4 cm³/mol. The van der Waals surface area contributed by atoms with E-state index in [1.807, 2.05) is 0 Å². The van der Waals surface area contributed by atoms with E-state index in [9.17, 15) is 9.90 Å². The van der Waals surface area contributed by atoms with E-state index in [1.165, 1.54) is 12.1 Å². The highest BCUT2D eigenvalue weighted by Crippen LogP contribution is 2.24. The molecule has 16 heavy (non-hydrogen) atoms. The van der Waals surface area contributed by atoms with Gasteiger partial charge in [-0.3, -0.25) is 0 Å². The van der Waals surface area contributed by atoms with Crippen LogP contribution in [0.4, 0.5) is 0 Å². The summed E-state index contributed by atoms with van der Waals surface area (Å²) in [6.45, 7) is 8.92. The number of aromatic hydroxyl groups is 1. The Balaban J connectivity index is 3.12. The lowest BCUT2D eigenvalue weighted by atomic mass is 10.1. The monoisotopic (exact) mass is 220 g/mol. The Labute approximate surface area is 95.4 Å². The fraction of sp³-hybridized carbons (Fsp3) is 0.308. The second-order valence-corrected chi connectivity index (χ2v) is 4.45. The van der Waals surface area contributed by atoms with Crippen molar-refractivity contribution in [2.75, 3.05) is 0 Å². The van der Waals surface area contributed by atoms with Gasteiger partial charge in [0.1, 0.15) is 16.9 Å². The molecule has 0 fully saturated rings. The molecule has 0 aromatic heterocycles. The van der Waals surface area contributed by atoms with Crippen molar-refractivity contribution in [2.45, 2.75) is 26.4 Å². The maximum absolute atomic E-state index is 11.8. The molecule has 1 aromatic carbocycles. The number of carbonyl (C=O) groups is 1. The molecule has 0 saturated heterocycles.